The Balaban J connectivity index is 1.47. The Morgan fingerprint density at radius 3 is 2.48 bits per heavy atom. The molecule has 0 aliphatic carbocycles. The van der Waals surface area contributed by atoms with Crippen molar-refractivity contribution in [2.75, 3.05) is 20.2 Å². The summed E-state index contributed by atoms with van der Waals surface area (Å²) in [4.78, 5) is 12.8. The van der Waals surface area contributed by atoms with E-state index in [4.69, 9.17) is 9.47 Å². The molecule has 1 unspecified atom stereocenters. The first-order chi connectivity index (χ1) is 14.8. The molecule has 0 spiro atoms. The first kappa shape index (κ1) is 23.2. The lowest BCUT2D eigenvalue weighted by Gasteiger charge is -2.32. The van der Waals surface area contributed by atoms with Crippen LogP contribution >= 0.6 is 0 Å². The lowest BCUT2D eigenvalue weighted by atomic mass is 10.1. The highest BCUT2D eigenvalue weighted by Gasteiger charge is 2.30. The van der Waals surface area contributed by atoms with Crippen LogP contribution in [-0.4, -0.2) is 51.0 Å². The number of hydrogen-bond acceptors (Lipinski definition) is 5. The number of amides is 1. The predicted molar refractivity (Wildman–Crippen MR) is 118 cm³/mol. The summed E-state index contributed by atoms with van der Waals surface area (Å²) in [5.74, 6) is 0.549. The maximum atomic E-state index is 12.8. The molecule has 1 aliphatic heterocycles. The predicted octanol–water partition coefficient (Wildman–Crippen LogP) is 2.88. The highest BCUT2D eigenvalue weighted by Crippen LogP contribution is 2.21. The number of hydrogen-bond donors (Lipinski definition) is 1. The smallest absolute Gasteiger partial charge is 0.249 e. The third kappa shape index (κ3) is 6.06. The van der Waals surface area contributed by atoms with Crippen molar-refractivity contribution < 1.29 is 22.7 Å². The first-order valence-corrected chi connectivity index (χ1v) is 11.9. The minimum Gasteiger partial charge on any atom is -0.497 e. The summed E-state index contributed by atoms with van der Waals surface area (Å²) in [5, 5.41) is 2.99. The molecule has 1 saturated heterocycles. The molecule has 1 atom stereocenters. The molecule has 8 heteroatoms. The Bertz CT molecular complexity index is 983. The number of aryl methyl sites for hydroxylation is 1. The third-order valence-electron chi connectivity index (χ3n) is 5.46. The fourth-order valence-electron chi connectivity index (χ4n) is 3.48. The van der Waals surface area contributed by atoms with Gasteiger partial charge in [0.05, 0.1) is 18.6 Å². The van der Waals surface area contributed by atoms with Crippen molar-refractivity contribution >= 4 is 15.9 Å². The van der Waals surface area contributed by atoms with Crippen molar-refractivity contribution in [1.82, 2.24) is 9.62 Å². The van der Waals surface area contributed by atoms with Crippen LogP contribution in [0.3, 0.4) is 0 Å². The zero-order valence-electron chi connectivity index (χ0n) is 18.2. The van der Waals surface area contributed by atoms with E-state index >= 15 is 0 Å². The number of benzene rings is 2. The topological polar surface area (TPSA) is 84.9 Å². The van der Waals surface area contributed by atoms with Gasteiger partial charge in [0, 0.05) is 19.1 Å². The fraction of sp³-hybridized carbons (Fsp3) is 0.435. The number of carbonyl (C=O) groups excluding carboxylic acids is 1. The average Bonchev–Trinajstić information content (AvgIpc) is 2.78. The summed E-state index contributed by atoms with van der Waals surface area (Å²) in [5.41, 5.74) is 1.94. The van der Waals surface area contributed by atoms with Gasteiger partial charge in [0.2, 0.25) is 15.9 Å². The second kappa shape index (κ2) is 10.3. The Labute approximate surface area is 184 Å². The van der Waals surface area contributed by atoms with Gasteiger partial charge in [-0.1, -0.05) is 29.8 Å². The number of ether oxygens (including phenoxy) is 2. The third-order valence-corrected chi connectivity index (χ3v) is 7.38. The van der Waals surface area contributed by atoms with Crippen LogP contribution in [0.1, 0.15) is 30.9 Å². The van der Waals surface area contributed by atoms with Crippen LogP contribution in [0.5, 0.6) is 5.75 Å². The van der Waals surface area contributed by atoms with Crippen LogP contribution in [0.2, 0.25) is 0 Å². The Kier molecular flexibility index (Phi) is 7.69. The molecule has 0 saturated carbocycles. The molecule has 2 aromatic carbocycles. The van der Waals surface area contributed by atoms with Crippen LogP contribution in [0.25, 0.3) is 0 Å². The van der Waals surface area contributed by atoms with Gasteiger partial charge in [-0.2, -0.15) is 4.31 Å². The van der Waals surface area contributed by atoms with Gasteiger partial charge in [-0.25, -0.2) is 8.42 Å². The van der Waals surface area contributed by atoms with Crippen molar-refractivity contribution in [3.63, 3.8) is 0 Å². The standard InChI is InChI=1S/C23H30N2O5S/c1-17-7-9-22(10-8-17)31(27,28)25-13-11-20(12-14-25)24-23(26)18(2)30-16-19-5-4-6-21(15-19)29-3/h4-10,15,18,20H,11-14,16H2,1-3H3,(H,24,26). The molecule has 31 heavy (non-hydrogen) atoms. The van der Waals surface area contributed by atoms with E-state index in [9.17, 15) is 13.2 Å². The molecule has 3 rings (SSSR count). The minimum absolute atomic E-state index is 0.0696. The molecule has 0 radical (unpaired) electrons. The van der Waals surface area contributed by atoms with E-state index < -0.39 is 16.1 Å². The number of sulfonamides is 1. The van der Waals surface area contributed by atoms with E-state index in [1.807, 2.05) is 31.2 Å². The number of methoxy groups -OCH3 is 1. The number of nitrogens with zero attached hydrogens (tertiary/aromatic N) is 1. The van der Waals surface area contributed by atoms with Crippen molar-refractivity contribution in [3.05, 3.63) is 59.7 Å². The second-order valence-electron chi connectivity index (χ2n) is 7.80. The Morgan fingerprint density at radius 2 is 1.84 bits per heavy atom. The minimum atomic E-state index is -3.51. The summed E-state index contributed by atoms with van der Waals surface area (Å²) in [7, 11) is -1.90. The maximum Gasteiger partial charge on any atom is 0.249 e. The molecular weight excluding hydrogens is 416 g/mol. The van der Waals surface area contributed by atoms with Crippen LogP contribution in [0.4, 0.5) is 0 Å². The highest BCUT2D eigenvalue weighted by atomic mass is 32.2. The van der Waals surface area contributed by atoms with Crippen molar-refractivity contribution in [1.29, 1.82) is 0 Å². The highest BCUT2D eigenvalue weighted by molar-refractivity contribution is 7.89. The molecule has 0 aromatic heterocycles. The van der Waals surface area contributed by atoms with Crippen molar-refractivity contribution in [3.8, 4) is 5.75 Å². The first-order valence-electron chi connectivity index (χ1n) is 10.4. The molecule has 0 bridgehead atoms. The summed E-state index contributed by atoms with van der Waals surface area (Å²) in [6.45, 7) is 4.69. The molecule has 1 fully saturated rings. The van der Waals surface area contributed by atoms with Gasteiger partial charge >= 0.3 is 0 Å². The molecule has 168 valence electrons. The Morgan fingerprint density at radius 1 is 1.16 bits per heavy atom. The van der Waals surface area contributed by atoms with Crippen molar-refractivity contribution in [2.45, 2.75) is 50.3 Å². The van der Waals surface area contributed by atoms with Gasteiger partial charge in [-0.15, -0.1) is 0 Å². The lowest BCUT2D eigenvalue weighted by molar-refractivity contribution is -0.133. The SMILES string of the molecule is COc1cccc(COC(C)C(=O)NC2CCN(S(=O)(=O)c3ccc(C)cc3)CC2)c1. The van der Waals surface area contributed by atoms with E-state index in [1.54, 1.807) is 38.3 Å². The van der Waals surface area contributed by atoms with Crippen LogP contribution < -0.4 is 10.1 Å². The normalized spacial score (nSPS) is 16.6. The summed E-state index contributed by atoms with van der Waals surface area (Å²) < 4.78 is 38.0. The van der Waals surface area contributed by atoms with Gasteiger partial charge in [0.15, 0.2) is 0 Å². The van der Waals surface area contributed by atoms with Crippen LogP contribution in [0.15, 0.2) is 53.4 Å². The number of piperidine rings is 1. The van der Waals surface area contributed by atoms with Gasteiger partial charge < -0.3 is 14.8 Å². The molecule has 2 aromatic rings. The van der Waals surface area contributed by atoms with Crippen LogP contribution in [0, 0.1) is 6.92 Å². The molecule has 1 N–H and O–H groups in total. The van der Waals surface area contributed by atoms with E-state index in [0.717, 1.165) is 16.9 Å². The monoisotopic (exact) mass is 446 g/mol. The largest absolute Gasteiger partial charge is 0.497 e. The second-order valence-corrected chi connectivity index (χ2v) is 9.74. The zero-order valence-corrected chi connectivity index (χ0v) is 19.0. The Hall–Kier alpha value is -2.42. The number of rotatable bonds is 8. The fourth-order valence-corrected chi connectivity index (χ4v) is 4.95. The van der Waals surface area contributed by atoms with E-state index in [0.29, 0.717) is 37.4 Å². The quantitative estimate of drug-likeness (QED) is 0.674. The maximum absolute atomic E-state index is 12.8. The number of carbonyl (C=O) groups is 1. The van der Waals surface area contributed by atoms with Crippen LogP contribution in [-0.2, 0) is 26.2 Å². The average molecular weight is 447 g/mol. The molecule has 1 aliphatic rings. The molecule has 1 amide bonds. The summed E-state index contributed by atoms with van der Waals surface area (Å²) in [6, 6.07) is 14.3. The van der Waals surface area contributed by atoms with Gasteiger partial charge in [-0.05, 0) is 56.5 Å². The van der Waals surface area contributed by atoms with E-state index in [-0.39, 0.29) is 11.9 Å². The molecular formula is C23H30N2O5S. The lowest BCUT2D eigenvalue weighted by Crippen LogP contribution is -2.48. The van der Waals surface area contributed by atoms with Crippen molar-refractivity contribution in [2.24, 2.45) is 0 Å². The summed E-state index contributed by atoms with van der Waals surface area (Å²) >= 11 is 0. The molecule has 7 nitrogen and oxygen atoms in total. The van der Waals surface area contributed by atoms with E-state index in [2.05, 4.69) is 5.32 Å². The van der Waals surface area contributed by atoms with Gasteiger partial charge in [-0.3, -0.25) is 4.79 Å². The van der Waals surface area contributed by atoms with Gasteiger partial charge in [0.25, 0.3) is 0 Å². The number of nitrogens with one attached hydrogen (secondary N) is 1. The summed E-state index contributed by atoms with van der Waals surface area (Å²) in [6.07, 6.45) is 0.527. The van der Waals surface area contributed by atoms with E-state index in [1.165, 1.54) is 4.31 Å². The molecule has 1 heterocycles. The zero-order chi connectivity index (χ0) is 22.4. The van der Waals surface area contributed by atoms with Gasteiger partial charge in [0.1, 0.15) is 11.9 Å².